The number of aromatic nitrogens is 4. The summed E-state index contributed by atoms with van der Waals surface area (Å²) in [5.41, 5.74) is 5.13. The van der Waals surface area contributed by atoms with Crippen LogP contribution in [0.15, 0.2) is 30.0 Å². The number of nitrogens with one attached hydrogen (secondary N) is 2. The van der Waals surface area contributed by atoms with Gasteiger partial charge in [-0.15, -0.1) is 0 Å². The summed E-state index contributed by atoms with van der Waals surface area (Å²) in [5.74, 6) is 2.34. The molecule has 0 spiro atoms. The molecule has 2 aromatic heterocycles. The molecule has 0 unspecified atom stereocenters. The molecule has 11 nitrogen and oxygen atoms in total. The normalized spacial score (nSPS) is 15.9. The number of rotatable bonds is 12. The van der Waals surface area contributed by atoms with E-state index in [9.17, 15) is 5.11 Å². The second-order valence-corrected chi connectivity index (χ2v) is 11.8. The average molecular weight is 642 g/mol. The molecule has 0 aliphatic carbocycles. The fourth-order valence-corrected chi connectivity index (χ4v) is 5.64. The number of hydrogen-bond acceptors (Lipinski definition) is 11. The molecule has 5 rings (SSSR count). The SMILES string of the molecule is CCC[C@@H](O)COc1ccc(Cl)c(-c2nc(/C(NC)=C(\C)C(=N)Cl)c(C)c(N3Cc4cnc(N5CC(OC)C5)nc4C3)n2)c1. The quantitative estimate of drug-likeness (QED) is 0.233. The van der Waals surface area contributed by atoms with Crippen molar-refractivity contribution in [3.8, 4) is 17.1 Å². The van der Waals surface area contributed by atoms with E-state index >= 15 is 0 Å². The molecule has 3 N–H and O–H groups in total. The van der Waals surface area contributed by atoms with Gasteiger partial charge in [0.05, 0.1) is 40.9 Å². The van der Waals surface area contributed by atoms with Crippen LogP contribution in [-0.4, -0.2) is 76.3 Å². The first-order chi connectivity index (χ1) is 21.1. The van der Waals surface area contributed by atoms with Gasteiger partial charge < -0.3 is 29.7 Å². The number of aliphatic hydroxyl groups excluding tert-OH is 1. The molecule has 1 fully saturated rings. The molecule has 0 saturated carbocycles. The molecule has 234 valence electrons. The lowest BCUT2D eigenvalue weighted by Gasteiger charge is -2.38. The van der Waals surface area contributed by atoms with E-state index in [0.717, 1.165) is 36.3 Å². The lowest BCUT2D eigenvalue weighted by Crippen LogP contribution is -2.52. The zero-order chi connectivity index (χ0) is 31.5. The lowest BCUT2D eigenvalue weighted by atomic mass is 10.1. The standard InChI is InChI=1S/C31H38Cl2N8O3/c1-6-7-20(42)16-44-21-8-9-24(32)23(10-21)29-38-27(26(35-4)17(2)28(33)34)18(3)30(39-29)40-12-19-11-36-31(37-25(19)15-40)41-13-22(14-41)43-5/h8-11,20,22,34-35,42H,6-7,12-16H2,1-5H3/b26-17-,34-28?/t20-/m1/s1. The van der Waals surface area contributed by atoms with E-state index in [1.807, 2.05) is 20.0 Å². The van der Waals surface area contributed by atoms with E-state index in [0.29, 0.717) is 70.4 Å². The van der Waals surface area contributed by atoms with Crippen molar-refractivity contribution in [3.63, 3.8) is 0 Å². The molecule has 1 atom stereocenters. The van der Waals surface area contributed by atoms with Gasteiger partial charge >= 0.3 is 0 Å². The minimum Gasteiger partial charge on any atom is -0.491 e. The highest BCUT2D eigenvalue weighted by molar-refractivity contribution is 6.69. The van der Waals surface area contributed by atoms with E-state index in [2.05, 4.69) is 20.1 Å². The lowest BCUT2D eigenvalue weighted by molar-refractivity contribution is 0.0778. The summed E-state index contributed by atoms with van der Waals surface area (Å²) in [6.07, 6.45) is 3.04. The fourth-order valence-electron chi connectivity index (χ4n) is 5.34. The van der Waals surface area contributed by atoms with Gasteiger partial charge in [0.25, 0.3) is 0 Å². The molecule has 3 aromatic rings. The number of benzene rings is 1. The van der Waals surface area contributed by atoms with Gasteiger partial charge in [-0.05, 0) is 38.5 Å². The molecule has 44 heavy (non-hydrogen) atoms. The molecule has 1 aromatic carbocycles. The van der Waals surface area contributed by atoms with E-state index < -0.39 is 6.10 Å². The molecule has 13 heteroatoms. The largest absolute Gasteiger partial charge is 0.491 e. The molecule has 1 saturated heterocycles. The van der Waals surface area contributed by atoms with Crippen molar-refractivity contribution >= 4 is 45.8 Å². The van der Waals surface area contributed by atoms with E-state index in [1.165, 1.54) is 0 Å². The third kappa shape index (κ3) is 6.61. The molecular formula is C31H38Cl2N8O3. The molecule has 0 bridgehead atoms. The highest BCUT2D eigenvalue weighted by Crippen LogP contribution is 2.37. The van der Waals surface area contributed by atoms with Gasteiger partial charge in [0.2, 0.25) is 5.95 Å². The van der Waals surface area contributed by atoms with Gasteiger partial charge in [0, 0.05) is 62.3 Å². The number of nitrogens with zero attached hydrogens (tertiary/aromatic N) is 6. The first kappa shape index (κ1) is 31.9. The highest BCUT2D eigenvalue weighted by Gasteiger charge is 2.31. The number of hydrogen-bond donors (Lipinski definition) is 3. The summed E-state index contributed by atoms with van der Waals surface area (Å²) in [6, 6.07) is 5.29. The van der Waals surface area contributed by atoms with Crippen molar-refractivity contribution in [2.75, 3.05) is 43.7 Å². The van der Waals surface area contributed by atoms with Crippen LogP contribution in [0.4, 0.5) is 11.8 Å². The Kier molecular flexibility index (Phi) is 9.89. The van der Waals surface area contributed by atoms with Gasteiger partial charge in [-0.1, -0.05) is 36.5 Å². The molecule has 4 heterocycles. The highest BCUT2D eigenvalue weighted by atomic mass is 35.5. The minimum atomic E-state index is -0.562. The Morgan fingerprint density at radius 2 is 1.98 bits per heavy atom. The summed E-state index contributed by atoms with van der Waals surface area (Å²) >= 11 is 12.9. The smallest absolute Gasteiger partial charge is 0.225 e. The summed E-state index contributed by atoms with van der Waals surface area (Å²) in [5, 5.41) is 21.8. The van der Waals surface area contributed by atoms with Crippen LogP contribution in [0.2, 0.25) is 5.02 Å². The van der Waals surface area contributed by atoms with Crippen LogP contribution in [0.25, 0.3) is 17.1 Å². The predicted octanol–water partition coefficient (Wildman–Crippen LogP) is 4.96. The zero-order valence-corrected chi connectivity index (χ0v) is 27.1. The van der Waals surface area contributed by atoms with Crippen LogP contribution in [0.5, 0.6) is 5.75 Å². The molecule has 2 aliphatic heterocycles. The number of allylic oxidation sites excluding steroid dienone is 1. The number of ether oxygens (including phenoxy) is 2. The molecule has 0 radical (unpaired) electrons. The Hall–Kier alpha value is -3.51. The molecular weight excluding hydrogens is 603 g/mol. The van der Waals surface area contributed by atoms with Crippen LogP contribution in [0.1, 0.15) is 49.2 Å². The van der Waals surface area contributed by atoms with E-state index in [1.54, 1.807) is 39.3 Å². The maximum atomic E-state index is 10.2. The second kappa shape index (κ2) is 13.6. The van der Waals surface area contributed by atoms with Crippen LogP contribution < -0.4 is 19.9 Å². The number of halogens is 2. The third-order valence-corrected chi connectivity index (χ3v) is 8.57. The van der Waals surface area contributed by atoms with Crippen LogP contribution in [-0.2, 0) is 17.8 Å². The maximum Gasteiger partial charge on any atom is 0.225 e. The zero-order valence-electron chi connectivity index (χ0n) is 25.6. The van der Waals surface area contributed by atoms with Crippen molar-refractivity contribution in [1.82, 2.24) is 25.3 Å². The summed E-state index contributed by atoms with van der Waals surface area (Å²) in [4.78, 5) is 23.7. The summed E-state index contributed by atoms with van der Waals surface area (Å²) in [7, 11) is 3.49. The Morgan fingerprint density at radius 3 is 2.66 bits per heavy atom. The van der Waals surface area contributed by atoms with Gasteiger partial charge in [-0.2, -0.15) is 0 Å². The third-order valence-electron chi connectivity index (χ3n) is 7.96. The topological polar surface area (TPSA) is 133 Å². The first-order valence-corrected chi connectivity index (χ1v) is 15.4. The first-order valence-electron chi connectivity index (χ1n) is 14.6. The van der Waals surface area contributed by atoms with Gasteiger partial charge in [-0.3, -0.25) is 5.41 Å². The summed E-state index contributed by atoms with van der Waals surface area (Å²) < 4.78 is 11.3. The maximum absolute atomic E-state index is 10.2. The fraction of sp³-hybridized carbons (Fsp3) is 0.452. The Morgan fingerprint density at radius 1 is 1.20 bits per heavy atom. The second-order valence-electron chi connectivity index (χ2n) is 11.1. The number of fused-ring (bicyclic) bond motifs is 1. The van der Waals surface area contributed by atoms with Crippen molar-refractivity contribution in [3.05, 3.63) is 57.5 Å². The number of methoxy groups -OCH3 is 1. The van der Waals surface area contributed by atoms with Crippen LogP contribution in [0.3, 0.4) is 0 Å². The number of anilines is 2. The van der Waals surface area contributed by atoms with E-state index in [4.69, 9.17) is 53.0 Å². The number of aliphatic hydroxyl groups is 1. The summed E-state index contributed by atoms with van der Waals surface area (Å²) in [6.45, 7) is 8.57. The van der Waals surface area contributed by atoms with Crippen molar-refractivity contribution in [2.45, 2.75) is 58.9 Å². The van der Waals surface area contributed by atoms with Gasteiger partial charge in [0.15, 0.2) is 5.82 Å². The van der Waals surface area contributed by atoms with Crippen molar-refractivity contribution in [1.29, 1.82) is 5.41 Å². The van der Waals surface area contributed by atoms with E-state index in [-0.39, 0.29) is 17.9 Å². The molecule has 0 amide bonds. The Balaban J connectivity index is 1.54. The Labute approximate surface area is 267 Å². The van der Waals surface area contributed by atoms with Gasteiger partial charge in [-0.25, -0.2) is 19.9 Å². The van der Waals surface area contributed by atoms with Crippen molar-refractivity contribution in [2.24, 2.45) is 0 Å². The predicted molar refractivity (Wildman–Crippen MR) is 174 cm³/mol. The minimum absolute atomic E-state index is 0.0902. The van der Waals surface area contributed by atoms with Crippen LogP contribution >= 0.6 is 23.2 Å². The Bertz CT molecular complexity index is 1580. The molecule has 2 aliphatic rings. The van der Waals surface area contributed by atoms with Crippen molar-refractivity contribution < 1.29 is 14.6 Å². The monoisotopic (exact) mass is 640 g/mol. The van der Waals surface area contributed by atoms with Crippen LogP contribution in [0, 0.1) is 12.3 Å². The average Bonchev–Trinajstić information content (AvgIpc) is 3.41. The van der Waals surface area contributed by atoms with Gasteiger partial charge in [0.1, 0.15) is 23.3 Å².